The Morgan fingerprint density at radius 3 is 3.13 bits per heavy atom. The van der Waals surface area contributed by atoms with Crippen LogP contribution in [0.1, 0.15) is 0 Å². The van der Waals surface area contributed by atoms with E-state index in [1.54, 1.807) is 17.8 Å². The van der Waals surface area contributed by atoms with Crippen molar-refractivity contribution in [3.05, 3.63) is 24.0 Å². The summed E-state index contributed by atoms with van der Waals surface area (Å²) in [6.45, 7) is 0.930. The summed E-state index contributed by atoms with van der Waals surface area (Å²) in [5.41, 5.74) is 1.01. The van der Waals surface area contributed by atoms with Crippen molar-refractivity contribution in [3.8, 4) is 0 Å². The average Bonchev–Trinajstić information content (AvgIpc) is 2.23. The summed E-state index contributed by atoms with van der Waals surface area (Å²) in [5.74, 6) is 0.891. The first-order valence-electron chi connectivity index (χ1n) is 5.02. The number of nitrogens with one attached hydrogen (secondary N) is 1. The maximum Gasteiger partial charge on any atom is 0.125 e. The maximum atomic E-state index is 13.1. The number of halogens is 1. The molecule has 1 aliphatic heterocycles. The van der Waals surface area contributed by atoms with Gasteiger partial charge < -0.3 is 10.2 Å². The predicted octanol–water partition coefficient (Wildman–Crippen LogP) is 1.96. The van der Waals surface area contributed by atoms with E-state index in [4.69, 9.17) is 0 Å². The van der Waals surface area contributed by atoms with Crippen molar-refractivity contribution >= 4 is 17.4 Å². The monoisotopic (exact) mass is 226 g/mol. The van der Waals surface area contributed by atoms with E-state index in [2.05, 4.69) is 10.2 Å². The maximum absolute atomic E-state index is 13.1. The first-order valence-corrected chi connectivity index (χ1v) is 6.00. The molecule has 0 amide bonds. The normalized spacial score (nSPS) is 20.2. The molecule has 1 atom stereocenters. The molecule has 82 valence electrons. The van der Waals surface area contributed by atoms with E-state index in [-0.39, 0.29) is 5.82 Å². The van der Waals surface area contributed by atoms with Crippen LogP contribution in [0.3, 0.4) is 0 Å². The van der Waals surface area contributed by atoms with Gasteiger partial charge >= 0.3 is 0 Å². The average molecular weight is 226 g/mol. The smallest absolute Gasteiger partial charge is 0.125 e. The summed E-state index contributed by atoms with van der Waals surface area (Å²) < 4.78 is 13.1. The minimum absolute atomic E-state index is 0.161. The zero-order valence-corrected chi connectivity index (χ0v) is 9.77. The number of hydrogen-bond donors (Lipinski definition) is 1. The van der Waals surface area contributed by atoms with Crippen LogP contribution in [0.25, 0.3) is 0 Å². The van der Waals surface area contributed by atoms with Gasteiger partial charge in [-0.25, -0.2) is 4.39 Å². The Morgan fingerprint density at radius 1 is 1.60 bits per heavy atom. The third kappa shape index (κ3) is 2.11. The van der Waals surface area contributed by atoms with Crippen LogP contribution >= 0.6 is 11.8 Å². The van der Waals surface area contributed by atoms with Crippen molar-refractivity contribution in [2.45, 2.75) is 10.9 Å². The Morgan fingerprint density at radius 2 is 2.40 bits per heavy atom. The highest BCUT2D eigenvalue weighted by Gasteiger charge is 2.23. The largest absolute Gasteiger partial charge is 0.368 e. The highest BCUT2D eigenvalue weighted by Crippen LogP contribution is 2.36. The summed E-state index contributed by atoms with van der Waals surface area (Å²) in [6, 6.07) is 5.44. The van der Waals surface area contributed by atoms with Crippen LogP contribution in [-0.4, -0.2) is 32.4 Å². The van der Waals surface area contributed by atoms with Gasteiger partial charge in [0, 0.05) is 24.2 Å². The SMILES string of the molecule is CNCC1CSc2ccc(F)cc2N1C. The summed E-state index contributed by atoms with van der Waals surface area (Å²) in [6.07, 6.45) is 0. The van der Waals surface area contributed by atoms with Gasteiger partial charge in [-0.15, -0.1) is 11.8 Å². The molecule has 1 N–H and O–H groups in total. The molecular formula is C11H15FN2S. The predicted molar refractivity (Wildman–Crippen MR) is 63.2 cm³/mol. The molecule has 1 heterocycles. The highest BCUT2D eigenvalue weighted by molar-refractivity contribution is 7.99. The van der Waals surface area contributed by atoms with Crippen LogP contribution in [0.2, 0.25) is 0 Å². The number of benzene rings is 1. The van der Waals surface area contributed by atoms with Crippen LogP contribution in [0.5, 0.6) is 0 Å². The Bertz CT molecular complexity index is 356. The number of likely N-dealkylation sites (N-methyl/N-ethyl adjacent to an activating group) is 2. The molecule has 1 aromatic rings. The van der Waals surface area contributed by atoms with Crippen molar-refractivity contribution in [2.75, 3.05) is 31.3 Å². The third-order valence-electron chi connectivity index (χ3n) is 2.72. The molecule has 0 saturated carbocycles. The van der Waals surface area contributed by atoms with Gasteiger partial charge in [-0.1, -0.05) is 0 Å². The standard InChI is InChI=1S/C11H15FN2S/c1-13-6-9-7-15-11-4-3-8(12)5-10(11)14(9)2/h3-5,9,13H,6-7H2,1-2H3. The van der Waals surface area contributed by atoms with E-state index in [0.29, 0.717) is 6.04 Å². The van der Waals surface area contributed by atoms with Gasteiger partial charge in [-0.05, 0) is 25.2 Å². The van der Waals surface area contributed by atoms with Crippen molar-refractivity contribution in [1.82, 2.24) is 5.32 Å². The van der Waals surface area contributed by atoms with Crippen molar-refractivity contribution in [1.29, 1.82) is 0 Å². The van der Waals surface area contributed by atoms with E-state index in [1.165, 1.54) is 11.0 Å². The first-order chi connectivity index (χ1) is 7.22. The van der Waals surface area contributed by atoms with Gasteiger partial charge in [0.25, 0.3) is 0 Å². The molecule has 0 fully saturated rings. The van der Waals surface area contributed by atoms with Gasteiger partial charge in [-0.2, -0.15) is 0 Å². The van der Waals surface area contributed by atoms with E-state index in [9.17, 15) is 4.39 Å². The molecule has 0 radical (unpaired) electrons. The molecule has 1 unspecified atom stereocenters. The molecule has 0 aliphatic carbocycles. The minimum Gasteiger partial charge on any atom is -0.368 e. The molecule has 2 rings (SSSR count). The lowest BCUT2D eigenvalue weighted by Gasteiger charge is -2.35. The van der Waals surface area contributed by atoms with E-state index in [1.807, 2.05) is 20.2 Å². The quantitative estimate of drug-likeness (QED) is 0.830. The second kappa shape index (κ2) is 4.41. The van der Waals surface area contributed by atoms with Crippen LogP contribution in [0, 0.1) is 5.82 Å². The lowest BCUT2D eigenvalue weighted by molar-refractivity contribution is 0.610. The number of anilines is 1. The zero-order chi connectivity index (χ0) is 10.8. The minimum atomic E-state index is -0.161. The lowest BCUT2D eigenvalue weighted by atomic mass is 10.2. The molecule has 0 saturated heterocycles. The molecule has 0 spiro atoms. The second-order valence-electron chi connectivity index (χ2n) is 3.75. The summed E-state index contributed by atoms with van der Waals surface area (Å²) >= 11 is 1.80. The van der Waals surface area contributed by atoms with Crippen LogP contribution < -0.4 is 10.2 Å². The van der Waals surface area contributed by atoms with Gasteiger partial charge in [0.2, 0.25) is 0 Å². The number of fused-ring (bicyclic) bond motifs is 1. The van der Waals surface area contributed by atoms with Gasteiger partial charge in [0.15, 0.2) is 0 Å². The summed E-state index contributed by atoms with van der Waals surface area (Å²) in [4.78, 5) is 3.33. The van der Waals surface area contributed by atoms with E-state index >= 15 is 0 Å². The first kappa shape index (κ1) is 10.8. The Labute approximate surface area is 93.8 Å². The van der Waals surface area contributed by atoms with Crippen LogP contribution in [0.15, 0.2) is 23.1 Å². The van der Waals surface area contributed by atoms with E-state index in [0.717, 1.165) is 18.0 Å². The molecule has 2 nitrogen and oxygen atoms in total. The summed E-state index contributed by atoms with van der Waals surface area (Å²) in [5, 5.41) is 3.16. The Hall–Kier alpha value is -0.740. The van der Waals surface area contributed by atoms with Gasteiger partial charge in [0.1, 0.15) is 5.82 Å². The van der Waals surface area contributed by atoms with Gasteiger partial charge in [0.05, 0.1) is 11.7 Å². The number of rotatable bonds is 2. The van der Waals surface area contributed by atoms with Crippen molar-refractivity contribution < 1.29 is 4.39 Å². The van der Waals surface area contributed by atoms with Crippen LogP contribution in [0.4, 0.5) is 10.1 Å². The molecular weight excluding hydrogens is 211 g/mol. The highest BCUT2D eigenvalue weighted by atomic mass is 32.2. The molecule has 0 aromatic heterocycles. The molecule has 15 heavy (non-hydrogen) atoms. The Kier molecular flexibility index (Phi) is 3.17. The fraction of sp³-hybridized carbons (Fsp3) is 0.455. The topological polar surface area (TPSA) is 15.3 Å². The van der Waals surface area contributed by atoms with Crippen molar-refractivity contribution in [2.24, 2.45) is 0 Å². The number of nitrogens with zero attached hydrogens (tertiary/aromatic N) is 1. The molecule has 4 heteroatoms. The van der Waals surface area contributed by atoms with Crippen molar-refractivity contribution in [3.63, 3.8) is 0 Å². The zero-order valence-electron chi connectivity index (χ0n) is 8.96. The molecule has 1 aliphatic rings. The fourth-order valence-electron chi connectivity index (χ4n) is 1.81. The van der Waals surface area contributed by atoms with Crippen LogP contribution in [-0.2, 0) is 0 Å². The fourth-order valence-corrected chi connectivity index (χ4v) is 3.04. The molecule has 1 aromatic carbocycles. The summed E-state index contributed by atoms with van der Waals surface area (Å²) in [7, 11) is 3.97. The van der Waals surface area contributed by atoms with Gasteiger partial charge in [-0.3, -0.25) is 0 Å². The molecule has 0 bridgehead atoms. The third-order valence-corrected chi connectivity index (χ3v) is 3.93. The number of hydrogen-bond acceptors (Lipinski definition) is 3. The van der Waals surface area contributed by atoms with E-state index < -0.39 is 0 Å². The Balaban J connectivity index is 2.28. The second-order valence-corrected chi connectivity index (χ2v) is 4.81. The number of thioether (sulfide) groups is 1. The lowest BCUT2D eigenvalue weighted by Crippen LogP contribution is -2.43.